The monoisotopic (exact) mass is 1760 g/mol. The molecular weight excluding hydrogens is 1660 g/mol. The molecule has 0 radical (unpaired) electrons. The van der Waals surface area contributed by atoms with E-state index in [2.05, 4.69) is 105 Å². The van der Waals surface area contributed by atoms with Gasteiger partial charge in [0.15, 0.2) is 0 Å². The summed E-state index contributed by atoms with van der Waals surface area (Å²) >= 11 is 3.42. The fraction of sp³-hybridized carbons (Fsp3) is 0.500. The van der Waals surface area contributed by atoms with Gasteiger partial charge >= 0.3 is 24.1 Å². The lowest BCUT2D eigenvalue weighted by Crippen LogP contribution is -2.59. The van der Waals surface area contributed by atoms with E-state index >= 15 is 0 Å². The van der Waals surface area contributed by atoms with Gasteiger partial charge in [-0.15, -0.1) is 0 Å². The number of amides is 8. The molecule has 12 aliphatic rings. The fourth-order valence-electron chi connectivity index (χ4n) is 19.3. The molecular formula is C86H107BrN16O12S4. The summed E-state index contributed by atoms with van der Waals surface area (Å²) in [6.07, 6.45) is 31.4. The Kier molecular flexibility index (Phi) is 25.4. The van der Waals surface area contributed by atoms with Gasteiger partial charge in [-0.3, -0.25) is 29.6 Å². The van der Waals surface area contributed by atoms with Crippen LogP contribution in [0, 0.1) is 0 Å². The van der Waals surface area contributed by atoms with Crippen molar-refractivity contribution in [2.75, 3.05) is 101 Å². The van der Waals surface area contributed by atoms with Crippen molar-refractivity contribution in [1.29, 1.82) is 0 Å². The molecule has 634 valence electrons. The summed E-state index contributed by atoms with van der Waals surface area (Å²) in [5, 5.41) is 9.34. The Labute approximate surface area is 706 Å². The van der Waals surface area contributed by atoms with Crippen LogP contribution in [-0.2, 0) is 162 Å². The minimum absolute atomic E-state index is 0.389. The molecule has 8 N–H and O–H groups in total. The normalized spacial score (nSPS) is 18.7. The number of pyridine rings is 3. The topological polar surface area (TPSA) is 356 Å². The van der Waals surface area contributed by atoms with Crippen LogP contribution in [0.25, 0.3) is 0 Å². The van der Waals surface area contributed by atoms with Crippen LogP contribution in [0.15, 0.2) is 96.1 Å². The van der Waals surface area contributed by atoms with E-state index in [0.29, 0.717) is 72.0 Å². The van der Waals surface area contributed by atoms with E-state index in [0.717, 1.165) is 211 Å². The van der Waals surface area contributed by atoms with Crippen LogP contribution < -0.4 is 40.2 Å². The minimum atomic E-state index is -3.74. The van der Waals surface area contributed by atoms with Gasteiger partial charge in [0.05, 0.1) is 5.69 Å². The van der Waals surface area contributed by atoms with Crippen LogP contribution in [-0.4, -0.2) is 198 Å². The molecule has 7 aromatic rings. The zero-order valence-electron chi connectivity index (χ0n) is 67.6. The Hall–Kier alpha value is -8.51. The van der Waals surface area contributed by atoms with Crippen LogP contribution in [0.2, 0.25) is 0 Å². The van der Waals surface area contributed by atoms with Crippen LogP contribution in [0.5, 0.6) is 0 Å². The van der Waals surface area contributed by atoms with Gasteiger partial charge in [-0.2, -0.15) is 0 Å². The molecule has 4 aromatic carbocycles. The van der Waals surface area contributed by atoms with E-state index < -0.39 is 85.2 Å². The van der Waals surface area contributed by atoms with Gasteiger partial charge in [-0.05, 0) is 315 Å². The van der Waals surface area contributed by atoms with E-state index in [4.69, 9.17) is 0 Å². The molecule has 119 heavy (non-hydrogen) atoms. The van der Waals surface area contributed by atoms with Gasteiger partial charge in [-0.25, -0.2) is 76.7 Å². The minimum Gasteiger partial charge on any atom is -0.308 e. The van der Waals surface area contributed by atoms with Crippen LogP contribution in [0.3, 0.4) is 0 Å². The highest BCUT2D eigenvalue weighted by atomic mass is 79.9. The van der Waals surface area contributed by atoms with Gasteiger partial charge in [0.1, 0.15) is 25.6 Å². The number of likely N-dealkylation sites (tertiary alicyclic amines) is 4. The summed E-state index contributed by atoms with van der Waals surface area (Å²) in [7, 11) is -10.8. The number of sulfonamides is 4. The first-order valence-corrected chi connectivity index (χ1v) is 49.1. The highest BCUT2D eigenvalue weighted by Gasteiger charge is 2.43. The van der Waals surface area contributed by atoms with E-state index in [1.807, 2.05) is 71.3 Å². The van der Waals surface area contributed by atoms with E-state index in [1.54, 1.807) is 24.8 Å². The second kappa shape index (κ2) is 35.9. The second-order valence-corrected chi connectivity index (χ2v) is 42.7. The molecule has 19 rings (SSSR count). The van der Waals surface area contributed by atoms with Gasteiger partial charge < -0.3 is 26.2 Å². The van der Waals surface area contributed by atoms with Gasteiger partial charge in [0.2, 0.25) is 40.1 Å². The second-order valence-electron chi connectivity index (χ2n) is 34.1. The van der Waals surface area contributed by atoms with Crippen molar-refractivity contribution in [3.8, 4) is 0 Å². The zero-order valence-corrected chi connectivity index (χ0v) is 72.5. The van der Waals surface area contributed by atoms with Crippen molar-refractivity contribution in [1.82, 2.24) is 58.3 Å². The number of hydrogen-bond acceptors (Lipinski definition) is 20. The van der Waals surface area contributed by atoms with E-state index in [9.17, 15) is 52.8 Å². The van der Waals surface area contributed by atoms with Crippen molar-refractivity contribution in [2.24, 2.45) is 0 Å². The Morgan fingerprint density at radius 1 is 0.370 bits per heavy atom. The molecule has 0 saturated carbocycles. The van der Waals surface area contributed by atoms with Crippen LogP contribution >= 0.6 is 15.9 Å². The van der Waals surface area contributed by atoms with Crippen molar-refractivity contribution in [3.63, 3.8) is 0 Å². The molecule has 8 aliphatic carbocycles. The Morgan fingerprint density at radius 3 is 0.975 bits per heavy atom. The number of aryl methyl sites for hydroxylation is 8. The Bertz CT molecular complexity index is 5230. The van der Waals surface area contributed by atoms with Gasteiger partial charge in [0.25, 0.3) is 0 Å². The first-order valence-electron chi connectivity index (χ1n) is 42.1. The third-order valence-corrected chi connectivity index (χ3v) is 32.9. The third-order valence-electron chi connectivity index (χ3n) is 25.6. The van der Waals surface area contributed by atoms with Crippen LogP contribution in [0.1, 0.15) is 157 Å². The van der Waals surface area contributed by atoms with Crippen molar-refractivity contribution in [2.45, 2.75) is 195 Å². The number of benzene rings is 4. The summed E-state index contributed by atoms with van der Waals surface area (Å²) in [5.41, 5.74) is 26.4. The highest BCUT2D eigenvalue weighted by Crippen LogP contribution is 2.43. The predicted molar refractivity (Wildman–Crippen MR) is 463 cm³/mol. The molecule has 0 atom stereocenters. The van der Waals surface area contributed by atoms with Crippen molar-refractivity contribution < 1.29 is 52.8 Å². The number of likely N-dealkylation sites (N-methyl/N-ethyl adjacent to an activating group) is 1. The van der Waals surface area contributed by atoms with E-state index in [1.165, 1.54) is 89.0 Å². The maximum atomic E-state index is 12.7. The number of hydrogen-bond donors (Lipinski definition) is 8. The van der Waals surface area contributed by atoms with Gasteiger partial charge in [0, 0.05) is 133 Å². The maximum Gasteiger partial charge on any atom is 0.332 e. The summed E-state index contributed by atoms with van der Waals surface area (Å²) in [5.74, 6) is 0. The third kappa shape index (κ3) is 19.4. The first-order chi connectivity index (χ1) is 57.2. The van der Waals surface area contributed by atoms with Crippen LogP contribution in [0.4, 0.5) is 41.9 Å². The number of urea groups is 4. The summed E-state index contributed by atoms with van der Waals surface area (Å²) in [6, 6.07) is 19.9. The average molecular weight is 1770 g/mol. The summed E-state index contributed by atoms with van der Waals surface area (Å²) < 4.78 is 111. The molecule has 8 amide bonds. The molecule has 0 unspecified atom stereocenters. The lowest BCUT2D eigenvalue weighted by atomic mass is 9.99. The standard InChI is InChI=1S/C22H25BrN4O3S.2C22H26N4O3S.C20H30N4O3S/c23-21-16(6-3-9-24-21)11-27-12-17(13-27)31(29,30)26-22(28)25-20-18-7-1-4-14(18)10-15-5-2-8-19(15)20;27-22(24-21-19-5-1-3-16(19)11-17-4-2-6-20(17)21)25-30(28,29)18-13-26(14-18)12-15-7-9-23-10-8-15;27-22(24-21-19-8-3-5-15(19)11-16-6-4-9-20(16)21)25-30(28,29)18-13-26(14-18)12-17-7-1-2-10-23-17;1-23(2)9-10-24-12-16(13-24)28(26,27)22-20(25)21-19-17-7-3-5-14(17)11-15-6-4-8-18(15)19/h3,6,9-10,17H,1-2,4-5,7-8,11-13H2,(H2,25,26,28);7-11,18H,1-6,12-14H2,(H2,24,25,27);1-2,7,10-11,18H,3-6,8-9,12-14H2,(H2,24,25,27);11,16H,3-10,12-13H2,1-2H3,(H2,21,22,25). The smallest absolute Gasteiger partial charge is 0.308 e. The van der Waals surface area contributed by atoms with Crippen molar-refractivity contribution >= 4 is 103 Å². The fourth-order valence-corrected chi connectivity index (χ4v) is 24.8. The maximum absolute atomic E-state index is 12.7. The largest absolute Gasteiger partial charge is 0.332 e. The molecule has 33 heteroatoms. The number of aromatic nitrogens is 3. The number of fused-ring (bicyclic) bond motifs is 8. The number of nitrogens with zero attached hydrogens (tertiary/aromatic N) is 8. The lowest BCUT2D eigenvalue weighted by Gasteiger charge is -2.38. The molecule has 7 heterocycles. The number of anilines is 4. The Balaban J connectivity index is 0.000000118. The predicted octanol–water partition coefficient (Wildman–Crippen LogP) is 9.31. The first kappa shape index (κ1) is 84.1. The molecule has 3 aromatic heterocycles. The Morgan fingerprint density at radius 2 is 0.672 bits per heavy atom. The molecule has 4 fully saturated rings. The molecule has 4 saturated heterocycles. The van der Waals surface area contributed by atoms with Gasteiger partial charge in [-0.1, -0.05) is 36.4 Å². The number of nitrogens with one attached hydrogen (secondary N) is 8. The molecule has 4 aliphatic heterocycles. The summed E-state index contributed by atoms with van der Waals surface area (Å²) in [6.45, 7) is 7.02. The van der Waals surface area contributed by atoms with Crippen molar-refractivity contribution in [3.05, 3.63) is 202 Å². The average Bonchev–Trinajstić information content (AvgIpc) is 1.68. The molecule has 28 nitrogen and oxygen atoms in total. The number of carbonyl (C=O) groups excluding carboxylic acids is 4. The number of halogens is 1. The lowest BCUT2D eigenvalue weighted by molar-refractivity contribution is 0.167. The molecule has 0 spiro atoms. The van der Waals surface area contributed by atoms with E-state index in [-0.39, 0.29) is 0 Å². The molecule has 0 bridgehead atoms. The zero-order chi connectivity index (χ0) is 82.9. The summed E-state index contributed by atoms with van der Waals surface area (Å²) in [4.78, 5) is 73.2. The SMILES string of the molecule is CN(C)CCN1CC(S(=O)(=O)NC(=O)Nc2c3c(cc4c2CCC4)CCC3)C1.O=C(Nc1c2c(cc3c1CCC3)CCC2)NS(=O)(=O)C1CN(Cc2ccccn2)C1.O=C(Nc1c2c(cc3c1CCC3)CCC2)NS(=O)(=O)C1CN(Cc2cccnc2Br)C1.O=C(Nc1c2c(cc3c1CCC3)CCC2)NS(=O)(=O)C1CN(Cc2ccncc2)C1. The quantitative estimate of drug-likeness (QED) is 0.0310. The highest BCUT2D eigenvalue weighted by molar-refractivity contribution is 9.10. The number of carbonyl (C=O) groups is 4. The number of rotatable bonds is 21.